The third-order valence-electron chi connectivity index (χ3n) is 3.97. The number of Topliss-reactive ketones (excluding diaryl/α,β-unsaturated/α-hetero) is 1. The van der Waals surface area contributed by atoms with Crippen molar-refractivity contribution in [2.75, 3.05) is 14.2 Å². The lowest BCUT2D eigenvalue weighted by molar-refractivity contribution is -0.138. The van der Waals surface area contributed by atoms with Gasteiger partial charge in [0.2, 0.25) is 5.78 Å². The maximum atomic E-state index is 11.9. The monoisotopic (exact) mass is 356 g/mol. The van der Waals surface area contributed by atoms with E-state index >= 15 is 0 Å². The van der Waals surface area contributed by atoms with Gasteiger partial charge in [0.1, 0.15) is 0 Å². The SMILES string of the molecule is COc1ccc(CNC(=O)C(=O)CCCCc2ccccn2)cc1OC. The molecule has 26 heavy (non-hydrogen) atoms. The van der Waals surface area contributed by atoms with Gasteiger partial charge in [-0.2, -0.15) is 0 Å². The van der Waals surface area contributed by atoms with Crippen molar-refractivity contribution in [1.82, 2.24) is 10.3 Å². The van der Waals surface area contributed by atoms with Crippen molar-refractivity contribution in [2.24, 2.45) is 0 Å². The van der Waals surface area contributed by atoms with Gasteiger partial charge in [0.05, 0.1) is 14.2 Å². The molecule has 0 radical (unpaired) electrons. The smallest absolute Gasteiger partial charge is 0.287 e. The van der Waals surface area contributed by atoms with Gasteiger partial charge in [-0.25, -0.2) is 0 Å². The number of rotatable bonds is 10. The molecule has 1 aromatic heterocycles. The molecule has 0 spiro atoms. The molecule has 1 aromatic carbocycles. The number of ether oxygens (including phenoxy) is 2. The summed E-state index contributed by atoms with van der Waals surface area (Å²) in [6.45, 7) is 0.263. The number of ketones is 1. The van der Waals surface area contributed by atoms with Crippen LogP contribution >= 0.6 is 0 Å². The van der Waals surface area contributed by atoms with Gasteiger partial charge in [-0.05, 0) is 49.1 Å². The number of carbonyl (C=O) groups excluding carboxylic acids is 2. The number of nitrogens with zero attached hydrogens (tertiary/aromatic N) is 1. The first kappa shape index (κ1) is 19.4. The van der Waals surface area contributed by atoms with Crippen LogP contribution in [-0.2, 0) is 22.6 Å². The molecule has 2 aromatic rings. The minimum absolute atomic E-state index is 0.241. The number of unbranched alkanes of at least 4 members (excludes halogenated alkanes) is 1. The molecule has 0 saturated carbocycles. The van der Waals surface area contributed by atoms with Gasteiger partial charge in [0.25, 0.3) is 5.91 Å². The number of aromatic nitrogens is 1. The molecule has 0 fully saturated rings. The maximum absolute atomic E-state index is 11.9. The largest absolute Gasteiger partial charge is 0.493 e. The summed E-state index contributed by atoms with van der Waals surface area (Å²) in [6.07, 6.45) is 4.29. The van der Waals surface area contributed by atoms with Gasteiger partial charge in [-0.1, -0.05) is 12.1 Å². The molecule has 0 atom stereocenters. The van der Waals surface area contributed by atoms with Crippen LogP contribution in [0.1, 0.15) is 30.5 Å². The summed E-state index contributed by atoms with van der Waals surface area (Å²) in [4.78, 5) is 28.1. The highest BCUT2D eigenvalue weighted by molar-refractivity contribution is 6.36. The third-order valence-corrected chi connectivity index (χ3v) is 3.97. The summed E-state index contributed by atoms with van der Waals surface area (Å²) in [5.74, 6) is 0.246. The van der Waals surface area contributed by atoms with E-state index in [1.165, 1.54) is 0 Å². The summed E-state index contributed by atoms with van der Waals surface area (Å²) in [7, 11) is 3.11. The molecule has 0 bridgehead atoms. The Morgan fingerprint density at radius 2 is 1.85 bits per heavy atom. The molecule has 2 rings (SSSR count). The van der Waals surface area contributed by atoms with Gasteiger partial charge in [0, 0.05) is 24.9 Å². The van der Waals surface area contributed by atoms with Crippen molar-refractivity contribution in [3.05, 3.63) is 53.9 Å². The Labute approximate surface area is 153 Å². The molecule has 6 nitrogen and oxygen atoms in total. The Hall–Kier alpha value is -2.89. The van der Waals surface area contributed by atoms with Gasteiger partial charge in [-0.15, -0.1) is 0 Å². The molecule has 0 aliphatic rings. The van der Waals surface area contributed by atoms with Crippen LogP contribution in [0.5, 0.6) is 11.5 Å². The first-order chi connectivity index (χ1) is 12.6. The molecule has 6 heteroatoms. The predicted octanol–water partition coefficient (Wildman–Crippen LogP) is 2.70. The molecule has 138 valence electrons. The number of carbonyl (C=O) groups is 2. The number of hydrogen-bond acceptors (Lipinski definition) is 5. The summed E-state index contributed by atoms with van der Waals surface area (Å²) in [5, 5.41) is 2.65. The number of hydrogen-bond donors (Lipinski definition) is 1. The number of pyridine rings is 1. The van der Waals surface area contributed by atoms with Gasteiger partial charge < -0.3 is 14.8 Å². The molecular weight excluding hydrogens is 332 g/mol. The molecule has 0 aliphatic heterocycles. The normalized spacial score (nSPS) is 10.2. The average molecular weight is 356 g/mol. The summed E-state index contributed by atoms with van der Waals surface area (Å²) in [5.41, 5.74) is 1.83. The van der Waals surface area contributed by atoms with Crippen LogP contribution in [0.25, 0.3) is 0 Å². The summed E-state index contributed by atoms with van der Waals surface area (Å²) in [6, 6.07) is 11.1. The quantitative estimate of drug-likeness (QED) is 0.523. The summed E-state index contributed by atoms with van der Waals surface area (Å²) < 4.78 is 10.4. The molecule has 1 heterocycles. The maximum Gasteiger partial charge on any atom is 0.287 e. The third kappa shape index (κ3) is 5.88. The van der Waals surface area contributed by atoms with Gasteiger partial charge >= 0.3 is 0 Å². The number of amides is 1. The van der Waals surface area contributed by atoms with Crippen molar-refractivity contribution >= 4 is 11.7 Å². The molecule has 0 saturated heterocycles. The first-order valence-electron chi connectivity index (χ1n) is 8.56. The van der Waals surface area contributed by atoms with E-state index in [0.717, 1.165) is 24.1 Å². The zero-order chi connectivity index (χ0) is 18.8. The van der Waals surface area contributed by atoms with Crippen LogP contribution in [0, 0.1) is 0 Å². The first-order valence-corrected chi connectivity index (χ1v) is 8.56. The van der Waals surface area contributed by atoms with E-state index < -0.39 is 11.7 Å². The lowest BCUT2D eigenvalue weighted by Crippen LogP contribution is -2.30. The van der Waals surface area contributed by atoms with E-state index in [4.69, 9.17) is 9.47 Å². The molecule has 0 aliphatic carbocycles. The van der Waals surface area contributed by atoms with Crippen molar-refractivity contribution in [2.45, 2.75) is 32.2 Å². The van der Waals surface area contributed by atoms with E-state index in [-0.39, 0.29) is 13.0 Å². The zero-order valence-electron chi connectivity index (χ0n) is 15.2. The van der Waals surface area contributed by atoms with Crippen LogP contribution in [0.15, 0.2) is 42.6 Å². The van der Waals surface area contributed by atoms with Crippen LogP contribution in [0.4, 0.5) is 0 Å². The lowest BCUT2D eigenvalue weighted by Gasteiger charge is -2.10. The predicted molar refractivity (Wildman–Crippen MR) is 98.2 cm³/mol. The molecule has 1 amide bonds. The Kier molecular flexibility index (Phi) is 7.61. The Balaban J connectivity index is 1.72. The molecule has 1 N–H and O–H groups in total. The van der Waals surface area contributed by atoms with Crippen LogP contribution in [0.2, 0.25) is 0 Å². The second-order valence-electron chi connectivity index (χ2n) is 5.82. The topological polar surface area (TPSA) is 77.5 Å². The highest BCUT2D eigenvalue weighted by Gasteiger charge is 2.13. The molecular formula is C20H24N2O4. The minimum atomic E-state index is -0.558. The Bertz CT molecular complexity index is 732. The zero-order valence-corrected chi connectivity index (χ0v) is 15.2. The summed E-state index contributed by atoms with van der Waals surface area (Å²) >= 11 is 0. The fraction of sp³-hybridized carbons (Fsp3) is 0.350. The van der Waals surface area contributed by atoms with E-state index in [9.17, 15) is 9.59 Å². The van der Waals surface area contributed by atoms with Crippen molar-refractivity contribution in [3.8, 4) is 11.5 Å². The van der Waals surface area contributed by atoms with Gasteiger partial charge in [-0.3, -0.25) is 14.6 Å². The van der Waals surface area contributed by atoms with E-state index in [0.29, 0.717) is 17.9 Å². The van der Waals surface area contributed by atoms with Crippen LogP contribution in [-0.4, -0.2) is 30.9 Å². The number of nitrogens with one attached hydrogen (secondary N) is 1. The minimum Gasteiger partial charge on any atom is -0.493 e. The average Bonchev–Trinajstić information content (AvgIpc) is 2.69. The van der Waals surface area contributed by atoms with E-state index in [1.807, 2.05) is 24.3 Å². The molecule has 0 unspecified atom stereocenters. The fourth-order valence-corrected chi connectivity index (χ4v) is 2.52. The number of methoxy groups -OCH3 is 2. The highest BCUT2D eigenvalue weighted by Crippen LogP contribution is 2.27. The van der Waals surface area contributed by atoms with Crippen molar-refractivity contribution < 1.29 is 19.1 Å². The highest BCUT2D eigenvalue weighted by atomic mass is 16.5. The fourth-order valence-electron chi connectivity index (χ4n) is 2.52. The Morgan fingerprint density at radius 3 is 2.54 bits per heavy atom. The van der Waals surface area contributed by atoms with Crippen LogP contribution in [0.3, 0.4) is 0 Å². The standard InChI is InChI=1S/C20H24N2O4/c1-25-18-11-10-15(13-19(18)26-2)14-22-20(24)17(23)9-4-3-7-16-8-5-6-12-21-16/h5-6,8,10-13H,3-4,7,9,14H2,1-2H3,(H,22,24). The van der Waals surface area contributed by atoms with Crippen molar-refractivity contribution in [1.29, 1.82) is 0 Å². The van der Waals surface area contributed by atoms with Gasteiger partial charge in [0.15, 0.2) is 11.5 Å². The second kappa shape index (κ2) is 10.2. The second-order valence-corrected chi connectivity index (χ2v) is 5.82. The van der Waals surface area contributed by atoms with Crippen LogP contribution < -0.4 is 14.8 Å². The number of aryl methyl sites for hydroxylation is 1. The Morgan fingerprint density at radius 1 is 1.04 bits per heavy atom. The lowest BCUT2D eigenvalue weighted by atomic mass is 10.1. The van der Waals surface area contributed by atoms with E-state index in [1.54, 1.807) is 32.5 Å². The van der Waals surface area contributed by atoms with E-state index in [2.05, 4.69) is 10.3 Å². The number of benzene rings is 1. The van der Waals surface area contributed by atoms with Crippen molar-refractivity contribution in [3.63, 3.8) is 0 Å².